The standard InChI is InChI=1S/C18H14BrNO5/c1-22-18(21)15-16(25-17(20-15)10-5-3-2-4-6-10)11-7-13-14(8-12(11)19)24-9-23-13/h2-8,15-16H,9H2,1H3. The number of carbonyl (C=O) groups excluding carboxylic acids is 1. The Kier molecular flexibility index (Phi) is 4.09. The van der Waals surface area contributed by atoms with Crippen LogP contribution in [0.4, 0.5) is 0 Å². The van der Waals surface area contributed by atoms with Gasteiger partial charge in [-0.15, -0.1) is 0 Å². The highest BCUT2D eigenvalue weighted by molar-refractivity contribution is 9.10. The Morgan fingerprint density at radius 1 is 1.20 bits per heavy atom. The second kappa shape index (κ2) is 6.40. The first kappa shape index (κ1) is 16.0. The van der Waals surface area contributed by atoms with Crippen LogP contribution in [0.5, 0.6) is 11.5 Å². The van der Waals surface area contributed by atoms with E-state index in [1.807, 2.05) is 30.3 Å². The first-order valence-corrected chi connectivity index (χ1v) is 8.43. The quantitative estimate of drug-likeness (QED) is 0.735. The summed E-state index contributed by atoms with van der Waals surface area (Å²) in [6.45, 7) is 0.170. The van der Waals surface area contributed by atoms with Crippen molar-refractivity contribution in [2.75, 3.05) is 13.9 Å². The summed E-state index contributed by atoms with van der Waals surface area (Å²) in [6, 6.07) is 12.2. The number of hydrogen-bond donors (Lipinski definition) is 0. The number of fused-ring (bicyclic) bond motifs is 1. The van der Waals surface area contributed by atoms with Crippen LogP contribution in [0.25, 0.3) is 0 Å². The Bertz CT molecular complexity index is 852. The maximum Gasteiger partial charge on any atom is 0.335 e. The summed E-state index contributed by atoms with van der Waals surface area (Å²) in [5, 5.41) is 0. The predicted octanol–water partition coefficient (Wildman–Crippen LogP) is 3.24. The van der Waals surface area contributed by atoms with E-state index in [1.165, 1.54) is 7.11 Å². The van der Waals surface area contributed by atoms with E-state index in [0.717, 1.165) is 15.6 Å². The van der Waals surface area contributed by atoms with Gasteiger partial charge in [-0.2, -0.15) is 0 Å². The van der Waals surface area contributed by atoms with Gasteiger partial charge in [-0.3, -0.25) is 0 Å². The number of carbonyl (C=O) groups is 1. The fourth-order valence-electron chi connectivity index (χ4n) is 2.81. The Labute approximate surface area is 152 Å². The molecule has 2 heterocycles. The lowest BCUT2D eigenvalue weighted by molar-refractivity contribution is -0.143. The highest BCUT2D eigenvalue weighted by Gasteiger charge is 2.40. The fourth-order valence-corrected chi connectivity index (χ4v) is 3.36. The molecule has 2 aromatic carbocycles. The number of nitrogens with zero attached hydrogens (tertiary/aromatic N) is 1. The monoisotopic (exact) mass is 403 g/mol. The Morgan fingerprint density at radius 3 is 2.64 bits per heavy atom. The SMILES string of the molecule is COC(=O)C1N=C(c2ccccc2)OC1c1cc2c(cc1Br)OCO2. The number of halogens is 1. The van der Waals surface area contributed by atoms with Crippen molar-refractivity contribution in [3.05, 3.63) is 58.1 Å². The van der Waals surface area contributed by atoms with E-state index < -0.39 is 18.1 Å². The van der Waals surface area contributed by atoms with Crippen molar-refractivity contribution < 1.29 is 23.7 Å². The van der Waals surface area contributed by atoms with E-state index in [-0.39, 0.29) is 6.79 Å². The summed E-state index contributed by atoms with van der Waals surface area (Å²) in [5.74, 6) is 1.21. The van der Waals surface area contributed by atoms with Gasteiger partial charge in [0.15, 0.2) is 23.6 Å². The summed E-state index contributed by atoms with van der Waals surface area (Å²) in [4.78, 5) is 16.7. The molecule has 0 spiro atoms. The van der Waals surface area contributed by atoms with Crippen LogP contribution in [0.1, 0.15) is 17.2 Å². The molecule has 0 saturated heterocycles. The number of ether oxygens (including phenoxy) is 4. The highest BCUT2D eigenvalue weighted by Crippen LogP contribution is 2.43. The van der Waals surface area contributed by atoms with Gasteiger partial charge in [-0.1, -0.05) is 34.1 Å². The number of rotatable bonds is 3. The zero-order valence-corrected chi connectivity index (χ0v) is 14.9. The van der Waals surface area contributed by atoms with Crippen molar-refractivity contribution in [3.8, 4) is 11.5 Å². The molecule has 2 aliphatic heterocycles. The number of aliphatic imine (C=N–C) groups is 1. The van der Waals surface area contributed by atoms with Crippen molar-refractivity contribution in [1.82, 2.24) is 0 Å². The molecule has 128 valence electrons. The molecule has 0 aromatic heterocycles. The third-order valence-corrected chi connectivity index (χ3v) is 4.73. The van der Waals surface area contributed by atoms with Crippen molar-refractivity contribution >= 4 is 27.8 Å². The molecule has 0 saturated carbocycles. The van der Waals surface area contributed by atoms with Gasteiger partial charge in [0.25, 0.3) is 0 Å². The van der Waals surface area contributed by atoms with E-state index in [2.05, 4.69) is 20.9 Å². The van der Waals surface area contributed by atoms with Crippen molar-refractivity contribution in [1.29, 1.82) is 0 Å². The molecule has 0 N–H and O–H groups in total. The van der Waals surface area contributed by atoms with E-state index in [4.69, 9.17) is 18.9 Å². The van der Waals surface area contributed by atoms with Crippen molar-refractivity contribution in [2.24, 2.45) is 4.99 Å². The third-order valence-electron chi connectivity index (χ3n) is 4.04. The minimum atomic E-state index is -0.795. The molecule has 2 aromatic rings. The molecule has 6 nitrogen and oxygen atoms in total. The first-order valence-electron chi connectivity index (χ1n) is 7.64. The van der Waals surface area contributed by atoms with Gasteiger partial charge in [-0.05, 0) is 24.3 Å². The molecule has 0 fully saturated rings. The summed E-state index contributed by atoms with van der Waals surface area (Å²) in [7, 11) is 1.34. The van der Waals surface area contributed by atoms with Gasteiger partial charge >= 0.3 is 5.97 Å². The normalized spacial score (nSPS) is 20.8. The number of methoxy groups -OCH3 is 1. The van der Waals surface area contributed by atoms with Crippen LogP contribution < -0.4 is 9.47 Å². The Morgan fingerprint density at radius 2 is 1.92 bits per heavy atom. The van der Waals surface area contributed by atoms with E-state index in [1.54, 1.807) is 12.1 Å². The van der Waals surface area contributed by atoms with Crippen LogP contribution in [0.3, 0.4) is 0 Å². The van der Waals surface area contributed by atoms with Crippen LogP contribution in [0.15, 0.2) is 51.9 Å². The van der Waals surface area contributed by atoms with Crippen molar-refractivity contribution in [2.45, 2.75) is 12.1 Å². The lowest BCUT2D eigenvalue weighted by Gasteiger charge is -2.18. The molecule has 2 unspecified atom stereocenters. The summed E-state index contributed by atoms with van der Waals surface area (Å²) in [6.07, 6.45) is -0.619. The average Bonchev–Trinajstić information content (AvgIpc) is 3.27. The second-order valence-electron chi connectivity index (χ2n) is 5.53. The lowest BCUT2D eigenvalue weighted by atomic mass is 10.0. The highest BCUT2D eigenvalue weighted by atomic mass is 79.9. The molecule has 4 rings (SSSR count). The molecule has 0 aliphatic carbocycles. The van der Waals surface area contributed by atoms with Gasteiger partial charge in [0.1, 0.15) is 0 Å². The molecular weight excluding hydrogens is 390 g/mol. The lowest BCUT2D eigenvalue weighted by Crippen LogP contribution is -2.25. The molecule has 25 heavy (non-hydrogen) atoms. The predicted molar refractivity (Wildman–Crippen MR) is 92.9 cm³/mol. The first-order chi connectivity index (χ1) is 12.2. The van der Waals surface area contributed by atoms with Crippen LogP contribution in [0.2, 0.25) is 0 Å². The van der Waals surface area contributed by atoms with E-state index >= 15 is 0 Å². The zero-order chi connectivity index (χ0) is 17.4. The molecule has 0 bridgehead atoms. The van der Waals surface area contributed by atoms with Gasteiger partial charge < -0.3 is 18.9 Å². The fraction of sp³-hybridized carbons (Fsp3) is 0.222. The largest absolute Gasteiger partial charge is 0.467 e. The van der Waals surface area contributed by atoms with Gasteiger partial charge in [0.2, 0.25) is 12.7 Å². The minimum Gasteiger partial charge on any atom is -0.467 e. The van der Waals surface area contributed by atoms with Crippen LogP contribution in [0, 0.1) is 0 Å². The van der Waals surface area contributed by atoms with Crippen LogP contribution in [-0.2, 0) is 14.3 Å². The number of esters is 1. The van der Waals surface area contributed by atoms with E-state index in [0.29, 0.717) is 17.4 Å². The zero-order valence-electron chi connectivity index (χ0n) is 13.3. The van der Waals surface area contributed by atoms with Gasteiger partial charge in [-0.25, -0.2) is 9.79 Å². The molecule has 2 atom stereocenters. The Balaban J connectivity index is 1.73. The summed E-state index contributed by atoms with van der Waals surface area (Å²) in [5.41, 5.74) is 1.55. The maximum atomic E-state index is 12.2. The second-order valence-corrected chi connectivity index (χ2v) is 6.39. The smallest absolute Gasteiger partial charge is 0.335 e. The van der Waals surface area contributed by atoms with Crippen molar-refractivity contribution in [3.63, 3.8) is 0 Å². The molecular formula is C18H14BrNO5. The number of benzene rings is 2. The molecule has 0 amide bonds. The summed E-state index contributed by atoms with van der Waals surface area (Å²) < 4.78 is 22.5. The molecule has 2 aliphatic rings. The Hall–Kier alpha value is -2.54. The van der Waals surface area contributed by atoms with E-state index in [9.17, 15) is 4.79 Å². The number of hydrogen-bond acceptors (Lipinski definition) is 6. The van der Waals surface area contributed by atoms with Gasteiger partial charge in [0.05, 0.1) is 7.11 Å². The maximum absolute atomic E-state index is 12.2. The van der Waals surface area contributed by atoms with Gasteiger partial charge in [0, 0.05) is 15.6 Å². The van der Waals surface area contributed by atoms with Crippen LogP contribution in [-0.4, -0.2) is 31.8 Å². The average molecular weight is 404 g/mol. The topological polar surface area (TPSA) is 66.4 Å². The third kappa shape index (κ3) is 2.84. The molecule has 7 heteroatoms. The molecule has 0 radical (unpaired) electrons. The summed E-state index contributed by atoms with van der Waals surface area (Å²) >= 11 is 3.52. The minimum absolute atomic E-state index is 0.170. The van der Waals surface area contributed by atoms with Crippen LogP contribution >= 0.6 is 15.9 Å².